The van der Waals surface area contributed by atoms with Gasteiger partial charge in [-0.3, -0.25) is 9.59 Å². The van der Waals surface area contributed by atoms with Crippen molar-refractivity contribution < 1.29 is 23.1 Å². The number of ether oxygens (including phenoxy) is 1. The fraction of sp³-hybridized carbons (Fsp3) is 0.300. The van der Waals surface area contributed by atoms with E-state index in [1.807, 2.05) is 6.92 Å². The fourth-order valence-corrected chi connectivity index (χ4v) is 4.09. The number of amides is 2. The van der Waals surface area contributed by atoms with Crippen LogP contribution in [0.2, 0.25) is 0 Å². The van der Waals surface area contributed by atoms with Gasteiger partial charge in [0.2, 0.25) is 5.91 Å². The number of halogens is 4. The van der Waals surface area contributed by atoms with Gasteiger partial charge >= 0.3 is 5.57 Å². The molecule has 3 N–H and O–H groups in total. The van der Waals surface area contributed by atoms with Gasteiger partial charge in [0, 0.05) is 39.8 Å². The highest BCUT2D eigenvalue weighted by atomic mass is 79.9. The highest BCUT2D eigenvalue weighted by Gasteiger charge is 2.30. The SMILES string of the molecule is C[C@@H]1CCCC(=O)N1c1c(N)cc(C(=O)Nc2ccc(OC(F)(F)Cl)cc2)cc1Br. The molecule has 2 amide bonds. The Morgan fingerprint density at radius 3 is 2.57 bits per heavy atom. The van der Waals surface area contributed by atoms with Gasteiger partial charge < -0.3 is 20.7 Å². The van der Waals surface area contributed by atoms with E-state index in [4.69, 9.17) is 17.3 Å². The molecule has 1 fully saturated rings. The smallest absolute Gasteiger partial charge is 0.420 e. The number of piperidine rings is 1. The summed E-state index contributed by atoms with van der Waals surface area (Å²) < 4.78 is 30.1. The quantitative estimate of drug-likeness (QED) is 0.426. The maximum atomic E-state index is 12.7. The lowest BCUT2D eigenvalue weighted by molar-refractivity contribution is -0.120. The van der Waals surface area contributed by atoms with Gasteiger partial charge in [-0.2, -0.15) is 0 Å². The summed E-state index contributed by atoms with van der Waals surface area (Å²) >= 11 is 8.15. The van der Waals surface area contributed by atoms with E-state index in [1.54, 1.807) is 11.0 Å². The summed E-state index contributed by atoms with van der Waals surface area (Å²) in [5, 5.41) is 2.65. The number of hydrogen-bond acceptors (Lipinski definition) is 4. The van der Waals surface area contributed by atoms with Gasteiger partial charge in [0.25, 0.3) is 5.91 Å². The van der Waals surface area contributed by atoms with Crippen LogP contribution in [0.5, 0.6) is 5.75 Å². The molecule has 10 heteroatoms. The summed E-state index contributed by atoms with van der Waals surface area (Å²) in [6.45, 7) is 1.96. The maximum Gasteiger partial charge on any atom is 0.487 e. The zero-order chi connectivity index (χ0) is 22.1. The van der Waals surface area contributed by atoms with Crippen molar-refractivity contribution in [3.8, 4) is 5.75 Å². The van der Waals surface area contributed by atoms with E-state index in [9.17, 15) is 18.4 Å². The third kappa shape index (κ3) is 5.20. The number of hydrogen-bond donors (Lipinski definition) is 2. The van der Waals surface area contributed by atoms with Crippen molar-refractivity contribution in [1.82, 2.24) is 0 Å². The Bertz CT molecular complexity index is 944. The molecule has 1 atom stereocenters. The number of nitrogens with one attached hydrogen (secondary N) is 1. The minimum atomic E-state index is -3.82. The molecule has 0 radical (unpaired) electrons. The van der Waals surface area contributed by atoms with Crippen molar-refractivity contribution in [3.05, 3.63) is 46.4 Å². The second kappa shape index (κ2) is 8.77. The van der Waals surface area contributed by atoms with Crippen molar-refractivity contribution >= 4 is 56.4 Å². The van der Waals surface area contributed by atoms with Gasteiger partial charge in [0.15, 0.2) is 0 Å². The van der Waals surface area contributed by atoms with Gasteiger partial charge in [0.05, 0.1) is 11.4 Å². The molecule has 0 saturated carbocycles. The average Bonchev–Trinajstić information content (AvgIpc) is 2.63. The molecule has 1 saturated heterocycles. The van der Waals surface area contributed by atoms with Crippen LogP contribution in [-0.2, 0) is 4.79 Å². The molecule has 0 aliphatic carbocycles. The molecule has 2 aromatic carbocycles. The van der Waals surface area contributed by atoms with Crippen molar-refractivity contribution in [2.75, 3.05) is 16.0 Å². The Hall–Kier alpha value is -2.39. The van der Waals surface area contributed by atoms with E-state index in [0.717, 1.165) is 12.8 Å². The number of rotatable bonds is 5. The molecule has 0 bridgehead atoms. The lowest BCUT2D eigenvalue weighted by Crippen LogP contribution is -2.42. The topological polar surface area (TPSA) is 84.7 Å². The van der Waals surface area contributed by atoms with Gasteiger partial charge in [0.1, 0.15) is 5.75 Å². The third-order valence-electron chi connectivity index (χ3n) is 4.66. The fourth-order valence-electron chi connectivity index (χ4n) is 3.34. The number of carbonyl (C=O) groups excluding carboxylic acids is 2. The number of anilines is 3. The van der Waals surface area contributed by atoms with Crippen LogP contribution < -0.4 is 20.7 Å². The first-order valence-electron chi connectivity index (χ1n) is 9.13. The van der Waals surface area contributed by atoms with Crippen LogP contribution in [0.4, 0.5) is 25.8 Å². The van der Waals surface area contributed by atoms with E-state index >= 15 is 0 Å². The zero-order valence-electron chi connectivity index (χ0n) is 15.9. The summed E-state index contributed by atoms with van der Waals surface area (Å²) in [6.07, 6.45) is 2.16. The molecule has 0 aromatic heterocycles. The monoisotopic (exact) mass is 501 g/mol. The Kier molecular flexibility index (Phi) is 6.52. The van der Waals surface area contributed by atoms with Gasteiger partial charge in [-0.05, 0) is 72.1 Å². The van der Waals surface area contributed by atoms with Gasteiger partial charge in [-0.25, -0.2) is 0 Å². The van der Waals surface area contributed by atoms with E-state index in [-0.39, 0.29) is 23.3 Å². The van der Waals surface area contributed by atoms with Crippen LogP contribution >= 0.6 is 27.5 Å². The minimum absolute atomic E-state index is 0.00521. The first-order valence-corrected chi connectivity index (χ1v) is 10.3. The first kappa shape index (κ1) is 22.3. The number of carbonyl (C=O) groups is 2. The van der Waals surface area contributed by atoms with Gasteiger partial charge in [-0.15, -0.1) is 8.78 Å². The van der Waals surface area contributed by atoms with Crippen LogP contribution in [0, 0.1) is 0 Å². The first-order chi connectivity index (χ1) is 14.0. The molecular formula is C20H19BrClF2N3O3. The highest BCUT2D eigenvalue weighted by Crippen LogP contribution is 2.38. The number of nitrogens with two attached hydrogens (primary N) is 1. The lowest BCUT2D eigenvalue weighted by Gasteiger charge is -2.35. The molecule has 3 rings (SSSR count). The van der Waals surface area contributed by atoms with E-state index < -0.39 is 11.5 Å². The summed E-state index contributed by atoms with van der Waals surface area (Å²) in [5.41, 5.74) is 3.85. The second-order valence-electron chi connectivity index (χ2n) is 6.93. The number of nitrogens with zero attached hydrogens (tertiary/aromatic N) is 1. The Morgan fingerprint density at radius 2 is 2.00 bits per heavy atom. The van der Waals surface area contributed by atoms with E-state index in [2.05, 4.69) is 26.0 Å². The van der Waals surface area contributed by atoms with Crippen molar-refractivity contribution in [2.24, 2.45) is 0 Å². The molecule has 30 heavy (non-hydrogen) atoms. The number of alkyl halides is 3. The van der Waals surface area contributed by atoms with E-state index in [0.29, 0.717) is 28.0 Å². The molecule has 1 heterocycles. The molecule has 6 nitrogen and oxygen atoms in total. The maximum absolute atomic E-state index is 12.7. The zero-order valence-corrected chi connectivity index (χ0v) is 18.3. The van der Waals surface area contributed by atoms with Crippen molar-refractivity contribution in [2.45, 2.75) is 37.8 Å². The molecule has 0 unspecified atom stereocenters. The summed E-state index contributed by atoms with van der Waals surface area (Å²) in [7, 11) is 0. The lowest BCUT2D eigenvalue weighted by atomic mass is 10.0. The van der Waals surface area contributed by atoms with Crippen LogP contribution in [0.1, 0.15) is 36.5 Å². The predicted molar refractivity (Wildman–Crippen MR) is 115 cm³/mol. The van der Waals surface area contributed by atoms with Crippen LogP contribution in [0.3, 0.4) is 0 Å². The minimum Gasteiger partial charge on any atom is -0.420 e. The largest absolute Gasteiger partial charge is 0.487 e. The van der Waals surface area contributed by atoms with Crippen LogP contribution in [-0.4, -0.2) is 23.4 Å². The van der Waals surface area contributed by atoms with Crippen molar-refractivity contribution in [3.63, 3.8) is 0 Å². The highest BCUT2D eigenvalue weighted by molar-refractivity contribution is 9.10. The summed E-state index contributed by atoms with van der Waals surface area (Å²) in [4.78, 5) is 26.7. The van der Waals surface area contributed by atoms with Crippen LogP contribution in [0.15, 0.2) is 40.9 Å². The van der Waals surface area contributed by atoms with Crippen LogP contribution in [0.25, 0.3) is 0 Å². The molecule has 1 aliphatic heterocycles. The van der Waals surface area contributed by atoms with Gasteiger partial charge in [-0.1, -0.05) is 0 Å². The molecule has 0 spiro atoms. The Balaban J connectivity index is 1.78. The third-order valence-corrected chi connectivity index (χ3v) is 5.35. The normalized spacial score (nSPS) is 17.0. The second-order valence-corrected chi connectivity index (χ2v) is 8.22. The predicted octanol–water partition coefficient (Wildman–Crippen LogP) is 5.36. The molecule has 160 valence electrons. The summed E-state index contributed by atoms with van der Waals surface area (Å²) in [6, 6.07) is 8.39. The Morgan fingerprint density at radius 1 is 1.33 bits per heavy atom. The average molecular weight is 503 g/mol. The van der Waals surface area contributed by atoms with Crippen molar-refractivity contribution in [1.29, 1.82) is 0 Å². The molecular weight excluding hydrogens is 484 g/mol. The van der Waals surface area contributed by atoms with E-state index in [1.165, 1.54) is 30.3 Å². The number of nitrogen functional groups attached to an aromatic ring is 1. The number of benzene rings is 2. The standard InChI is InChI=1S/C20H19BrClF2N3O3/c1-11-3-2-4-17(28)27(11)18-15(21)9-12(10-16(18)25)19(29)26-13-5-7-14(8-6-13)30-20(22,23)24/h5-11H,2-4,25H2,1H3,(H,26,29)/t11-/m1/s1. The summed E-state index contributed by atoms with van der Waals surface area (Å²) in [5.74, 6) is -0.615. The Labute approximate surface area is 185 Å². The molecule has 1 aliphatic rings. The molecule has 2 aromatic rings.